The Hall–Kier alpha value is -2.43. The first kappa shape index (κ1) is 16.6. The number of anilines is 1. The summed E-state index contributed by atoms with van der Waals surface area (Å²) >= 11 is 0. The second-order valence-corrected chi connectivity index (χ2v) is 4.88. The molecule has 0 unspecified atom stereocenters. The highest BCUT2D eigenvalue weighted by molar-refractivity contribution is 5.89. The molecule has 1 aromatic rings. The van der Waals surface area contributed by atoms with Crippen molar-refractivity contribution < 1.29 is 22.7 Å². The zero-order valence-corrected chi connectivity index (χ0v) is 11.4. The molecule has 0 aliphatic carbocycles. The maximum Gasteiger partial charge on any atom is 0.573 e. The van der Waals surface area contributed by atoms with E-state index in [1.54, 1.807) is 13.8 Å². The van der Waals surface area contributed by atoms with Crippen molar-refractivity contribution in [1.82, 2.24) is 5.32 Å². The Bertz CT molecular complexity index is 533. The molecular formula is C13H14F3N3O2. The smallest absolute Gasteiger partial charge is 0.406 e. The van der Waals surface area contributed by atoms with Gasteiger partial charge in [0.25, 0.3) is 0 Å². The summed E-state index contributed by atoms with van der Waals surface area (Å²) in [7, 11) is 0. The Labute approximate surface area is 119 Å². The topological polar surface area (TPSA) is 74.2 Å². The molecule has 114 valence electrons. The van der Waals surface area contributed by atoms with Crippen LogP contribution in [0.1, 0.15) is 13.8 Å². The number of nitrogens with zero attached hydrogens (tertiary/aromatic N) is 1. The van der Waals surface area contributed by atoms with E-state index in [1.807, 2.05) is 6.07 Å². The van der Waals surface area contributed by atoms with Gasteiger partial charge >= 0.3 is 12.4 Å². The number of carbonyl (C=O) groups is 1. The molecule has 0 aromatic heterocycles. The van der Waals surface area contributed by atoms with Gasteiger partial charge in [-0.2, -0.15) is 5.26 Å². The summed E-state index contributed by atoms with van der Waals surface area (Å²) in [5.74, 6) is -0.376. The lowest BCUT2D eigenvalue weighted by Crippen LogP contribution is -2.36. The lowest BCUT2D eigenvalue weighted by atomic mass is 9.96. The minimum atomic E-state index is -4.75. The minimum Gasteiger partial charge on any atom is -0.406 e. The van der Waals surface area contributed by atoms with Gasteiger partial charge in [0.2, 0.25) is 0 Å². The van der Waals surface area contributed by atoms with E-state index in [2.05, 4.69) is 15.4 Å². The van der Waals surface area contributed by atoms with Crippen molar-refractivity contribution >= 4 is 11.7 Å². The number of halogens is 3. The molecule has 8 heteroatoms. The first-order chi connectivity index (χ1) is 9.61. The van der Waals surface area contributed by atoms with E-state index in [1.165, 1.54) is 12.1 Å². The third-order valence-electron chi connectivity index (χ3n) is 2.34. The SMILES string of the molecule is CC(C)(C#N)CNC(=O)Nc1ccc(OC(F)(F)F)cc1. The van der Waals surface area contributed by atoms with Gasteiger partial charge in [-0.05, 0) is 38.1 Å². The highest BCUT2D eigenvalue weighted by Crippen LogP contribution is 2.23. The highest BCUT2D eigenvalue weighted by atomic mass is 19.4. The van der Waals surface area contributed by atoms with Gasteiger partial charge < -0.3 is 15.4 Å². The summed E-state index contributed by atoms with van der Waals surface area (Å²) in [6.07, 6.45) is -4.75. The lowest BCUT2D eigenvalue weighted by Gasteiger charge is -2.16. The van der Waals surface area contributed by atoms with Crippen molar-refractivity contribution in [2.24, 2.45) is 5.41 Å². The van der Waals surface area contributed by atoms with E-state index < -0.39 is 17.8 Å². The molecule has 5 nitrogen and oxygen atoms in total. The van der Waals surface area contributed by atoms with Crippen molar-refractivity contribution in [3.8, 4) is 11.8 Å². The molecule has 2 amide bonds. The van der Waals surface area contributed by atoms with Crippen LogP contribution >= 0.6 is 0 Å². The van der Waals surface area contributed by atoms with Gasteiger partial charge in [-0.25, -0.2) is 4.79 Å². The number of amides is 2. The van der Waals surface area contributed by atoms with Gasteiger partial charge in [0.05, 0.1) is 11.5 Å². The van der Waals surface area contributed by atoms with Crippen LogP contribution in [0.5, 0.6) is 5.75 Å². The Morgan fingerprint density at radius 2 is 1.86 bits per heavy atom. The third kappa shape index (κ3) is 6.51. The van der Waals surface area contributed by atoms with E-state index in [-0.39, 0.29) is 12.3 Å². The van der Waals surface area contributed by atoms with Crippen LogP contribution in [0.3, 0.4) is 0 Å². The number of ether oxygens (including phenoxy) is 1. The van der Waals surface area contributed by atoms with Crippen molar-refractivity contribution in [2.75, 3.05) is 11.9 Å². The lowest BCUT2D eigenvalue weighted by molar-refractivity contribution is -0.274. The molecule has 0 aliphatic heterocycles. The fraction of sp³-hybridized carbons (Fsp3) is 0.385. The second-order valence-electron chi connectivity index (χ2n) is 4.88. The van der Waals surface area contributed by atoms with E-state index in [0.29, 0.717) is 5.69 Å². The van der Waals surface area contributed by atoms with Crippen molar-refractivity contribution in [3.63, 3.8) is 0 Å². The Morgan fingerprint density at radius 3 is 2.33 bits per heavy atom. The molecule has 0 fully saturated rings. The molecule has 0 saturated carbocycles. The van der Waals surface area contributed by atoms with Gasteiger partial charge in [-0.3, -0.25) is 0 Å². The van der Waals surface area contributed by atoms with E-state index in [4.69, 9.17) is 5.26 Å². The number of rotatable bonds is 4. The maximum absolute atomic E-state index is 12.0. The Morgan fingerprint density at radius 1 is 1.29 bits per heavy atom. The van der Waals surface area contributed by atoms with Crippen LogP contribution in [-0.4, -0.2) is 18.9 Å². The van der Waals surface area contributed by atoms with Gasteiger partial charge in [-0.1, -0.05) is 0 Å². The maximum atomic E-state index is 12.0. The highest BCUT2D eigenvalue weighted by Gasteiger charge is 2.30. The molecule has 0 aliphatic rings. The summed E-state index contributed by atoms with van der Waals surface area (Å²) in [6, 6.07) is 6.19. The Kier molecular flexibility index (Phi) is 5.02. The molecule has 0 radical (unpaired) electrons. The zero-order valence-electron chi connectivity index (χ0n) is 11.4. The standard InChI is InChI=1S/C13H14F3N3O2/c1-12(2,7-17)8-18-11(20)19-9-3-5-10(6-4-9)21-13(14,15)16/h3-6H,8H2,1-2H3,(H2,18,19,20). The molecule has 0 heterocycles. The number of hydrogen-bond acceptors (Lipinski definition) is 3. The van der Waals surface area contributed by atoms with E-state index >= 15 is 0 Å². The number of urea groups is 1. The summed E-state index contributed by atoms with van der Waals surface area (Å²) in [6.45, 7) is 3.47. The summed E-state index contributed by atoms with van der Waals surface area (Å²) in [5.41, 5.74) is -0.404. The fourth-order valence-corrected chi connectivity index (χ4v) is 1.26. The van der Waals surface area contributed by atoms with Crippen molar-refractivity contribution in [1.29, 1.82) is 5.26 Å². The summed E-state index contributed by atoms with van der Waals surface area (Å²) in [5, 5.41) is 13.7. The van der Waals surface area contributed by atoms with Crippen LogP contribution in [0.4, 0.5) is 23.7 Å². The largest absolute Gasteiger partial charge is 0.573 e. The quantitative estimate of drug-likeness (QED) is 0.896. The number of nitriles is 1. The normalized spacial score (nSPS) is 11.4. The predicted molar refractivity (Wildman–Crippen MR) is 69.5 cm³/mol. The van der Waals surface area contributed by atoms with Crippen LogP contribution in [0, 0.1) is 16.7 Å². The molecular weight excluding hydrogens is 287 g/mol. The molecule has 0 spiro atoms. The minimum absolute atomic E-state index is 0.143. The van der Waals surface area contributed by atoms with Crippen molar-refractivity contribution in [3.05, 3.63) is 24.3 Å². The van der Waals surface area contributed by atoms with Gasteiger partial charge in [0.15, 0.2) is 0 Å². The molecule has 0 saturated heterocycles. The second kappa shape index (κ2) is 6.35. The number of carbonyl (C=O) groups excluding carboxylic acids is 1. The average Bonchev–Trinajstić information content (AvgIpc) is 2.37. The van der Waals surface area contributed by atoms with Gasteiger partial charge in [-0.15, -0.1) is 13.2 Å². The van der Waals surface area contributed by atoms with E-state index in [0.717, 1.165) is 12.1 Å². The number of nitrogens with one attached hydrogen (secondary N) is 2. The molecule has 1 rings (SSSR count). The molecule has 21 heavy (non-hydrogen) atoms. The van der Waals surface area contributed by atoms with Crippen LogP contribution in [-0.2, 0) is 0 Å². The van der Waals surface area contributed by atoms with E-state index in [9.17, 15) is 18.0 Å². The van der Waals surface area contributed by atoms with Gasteiger partial charge in [0, 0.05) is 12.2 Å². The summed E-state index contributed by atoms with van der Waals surface area (Å²) in [4.78, 5) is 11.5. The van der Waals surface area contributed by atoms with Crippen LogP contribution in [0.25, 0.3) is 0 Å². The van der Waals surface area contributed by atoms with Crippen LogP contribution < -0.4 is 15.4 Å². The molecule has 2 N–H and O–H groups in total. The first-order valence-electron chi connectivity index (χ1n) is 5.93. The van der Waals surface area contributed by atoms with Crippen molar-refractivity contribution in [2.45, 2.75) is 20.2 Å². The predicted octanol–water partition coefficient (Wildman–Crippen LogP) is 3.26. The third-order valence-corrected chi connectivity index (χ3v) is 2.34. The summed E-state index contributed by atoms with van der Waals surface area (Å²) < 4.78 is 39.6. The zero-order chi connectivity index (χ0) is 16.1. The Balaban J connectivity index is 2.53. The van der Waals surface area contributed by atoms with Crippen LogP contribution in [0.15, 0.2) is 24.3 Å². The number of hydrogen-bond donors (Lipinski definition) is 2. The van der Waals surface area contributed by atoms with Gasteiger partial charge in [0.1, 0.15) is 5.75 Å². The van der Waals surface area contributed by atoms with Crippen LogP contribution in [0.2, 0.25) is 0 Å². The fourth-order valence-electron chi connectivity index (χ4n) is 1.26. The first-order valence-corrected chi connectivity index (χ1v) is 5.93. The number of alkyl halides is 3. The molecule has 0 atom stereocenters. The number of benzene rings is 1. The monoisotopic (exact) mass is 301 g/mol. The molecule has 0 bridgehead atoms. The molecule has 1 aromatic carbocycles. The average molecular weight is 301 g/mol.